The summed E-state index contributed by atoms with van der Waals surface area (Å²) in [6.45, 7) is 8.59. The highest BCUT2D eigenvalue weighted by Crippen LogP contribution is 2.32. The van der Waals surface area contributed by atoms with Crippen molar-refractivity contribution in [1.82, 2.24) is 0 Å². The summed E-state index contributed by atoms with van der Waals surface area (Å²) in [4.78, 5) is 0. The summed E-state index contributed by atoms with van der Waals surface area (Å²) < 4.78 is 0. The molecule has 0 nitrogen and oxygen atoms in total. The first-order chi connectivity index (χ1) is 11.7. The second kappa shape index (κ2) is 5.79. The molecular formula is C24H22. The van der Waals surface area contributed by atoms with Gasteiger partial charge in [0, 0.05) is 0 Å². The highest BCUT2D eigenvalue weighted by molar-refractivity contribution is 6.22. The monoisotopic (exact) mass is 310 g/mol. The van der Waals surface area contributed by atoms with E-state index in [1.807, 2.05) is 6.08 Å². The fourth-order valence-electron chi connectivity index (χ4n) is 3.76. The SMILES string of the molecule is C=Cc1cccc2c1/c(=C\CC(C)C)c1cccc3cccc2c31. The number of benzene rings is 4. The molecule has 4 rings (SSSR count). The molecule has 4 aromatic carbocycles. The maximum Gasteiger partial charge on any atom is -0.00265 e. The van der Waals surface area contributed by atoms with Crippen LogP contribution in [0.4, 0.5) is 0 Å². The van der Waals surface area contributed by atoms with Crippen molar-refractivity contribution in [2.75, 3.05) is 0 Å². The molecule has 24 heavy (non-hydrogen) atoms. The lowest BCUT2D eigenvalue weighted by molar-refractivity contribution is 0.682. The standard InChI is InChI=1S/C24H22/c1-4-17-8-5-11-19-20-12-6-9-18-10-7-13-21(24(18)20)22(23(17)19)15-14-16(2)3/h4-13,15-16H,1,14H2,2-3H3/b22-15-. The Labute approximate surface area is 143 Å². The minimum absolute atomic E-state index is 0.646. The zero-order valence-electron chi connectivity index (χ0n) is 14.3. The largest absolute Gasteiger partial charge is 0.0984 e. The molecule has 0 aliphatic carbocycles. The average Bonchev–Trinajstić information content (AvgIpc) is 2.61. The van der Waals surface area contributed by atoms with E-state index in [0.717, 1.165) is 6.42 Å². The molecule has 4 aromatic rings. The van der Waals surface area contributed by atoms with Gasteiger partial charge in [-0.3, -0.25) is 0 Å². The lowest BCUT2D eigenvalue weighted by Gasteiger charge is -2.13. The van der Waals surface area contributed by atoms with Gasteiger partial charge in [-0.05, 0) is 55.4 Å². The summed E-state index contributed by atoms with van der Waals surface area (Å²) in [5, 5.41) is 9.40. The van der Waals surface area contributed by atoms with Crippen molar-refractivity contribution in [2.45, 2.75) is 20.3 Å². The molecule has 0 radical (unpaired) electrons. The van der Waals surface area contributed by atoms with Gasteiger partial charge < -0.3 is 0 Å². The minimum Gasteiger partial charge on any atom is -0.0984 e. The van der Waals surface area contributed by atoms with Crippen molar-refractivity contribution in [3.63, 3.8) is 0 Å². The average molecular weight is 310 g/mol. The van der Waals surface area contributed by atoms with E-state index in [0.29, 0.717) is 5.92 Å². The van der Waals surface area contributed by atoms with Crippen molar-refractivity contribution in [1.29, 1.82) is 0 Å². The molecule has 0 amide bonds. The lowest BCUT2D eigenvalue weighted by Crippen LogP contribution is -2.08. The van der Waals surface area contributed by atoms with Gasteiger partial charge in [0.25, 0.3) is 0 Å². The van der Waals surface area contributed by atoms with E-state index >= 15 is 0 Å². The third-order valence-electron chi connectivity index (χ3n) is 4.86. The van der Waals surface area contributed by atoms with E-state index in [1.54, 1.807) is 0 Å². The Hall–Kier alpha value is -2.60. The van der Waals surface area contributed by atoms with Gasteiger partial charge in [-0.2, -0.15) is 0 Å². The Bertz CT molecular complexity index is 1110. The molecule has 0 spiro atoms. The molecule has 0 aliphatic rings. The first-order valence-corrected chi connectivity index (χ1v) is 8.69. The first-order valence-electron chi connectivity index (χ1n) is 8.69. The van der Waals surface area contributed by atoms with Crippen molar-refractivity contribution in [2.24, 2.45) is 5.92 Å². The Morgan fingerprint density at radius 1 is 0.833 bits per heavy atom. The van der Waals surface area contributed by atoms with Gasteiger partial charge in [-0.15, -0.1) is 0 Å². The molecule has 0 aliphatic heterocycles. The fraction of sp³-hybridized carbons (Fsp3) is 0.167. The Balaban J connectivity index is 2.34. The molecule has 0 aromatic heterocycles. The minimum atomic E-state index is 0.646. The smallest absolute Gasteiger partial charge is 0.00265 e. The molecule has 118 valence electrons. The number of hydrogen-bond donors (Lipinski definition) is 0. The summed E-state index contributed by atoms with van der Waals surface area (Å²) in [6.07, 6.45) is 5.48. The van der Waals surface area contributed by atoms with Gasteiger partial charge in [-0.25, -0.2) is 0 Å². The van der Waals surface area contributed by atoms with Crippen LogP contribution in [-0.2, 0) is 0 Å². The van der Waals surface area contributed by atoms with Gasteiger partial charge in [0.05, 0.1) is 0 Å². The van der Waals surface area contributed by atoms with Gasteiger partial charge in [-0.1, -0.05) is 87.2 Å². The van der Waals surface area contributed by atoms with Crippen molar-refractivity contribution in [3.05, 3.63) is 72.0 Å². The quantitative estimate of drug-likeness (QED) is 0.306. The van der Waals surface area contributed by atoms with Crippen molar-refractivity contribution >= 4 is 44.5 Å². The normalized spacial score (nSPS) is 12.7. The van der Waals surface area contributed by atoms with E-state index in [2.05, 4.69) is 81.1 Å². The maximum absolute atomic E-state index is 4.05. The predicted octanol–water partition coefficient (Wildman–Crippen LogP) is 6.33. The Morgan fingerprint density at radius 3 is 2.12 bits per heavy atom. The van der Waals surface area contributed by atoms with Crippen LogP contribution in [0.15, 0.2) is 61.2 Å². The predicted molar refractivity (Wildman–Crippen MR) is 108 cm³/mol. The molecular weight excluding hydrogens is 288 g/mol. The third kappa shape index (κ3) is 2.22. The second-order valence-corrected chi connectivity index (χ2v) is 6.93. The summed E-state index contributed by atoms with van der Waals surface area (Å²) in [5.74, 6) is 0.646. The molecule has 0 atom stereocenters. The lowest BCUT2D eigenvalue weighted by atomic mass is 9.90. The summed E-state index contributed by atoms with van der Waals surface area (Å²) in [7, 11) is 0. The van der Waals surface area contributed by atoms with Crippen LogP contribution in [0.3, 0.4) is 0 Å². The van der Waals surface area contributed by atoms with Crippen LogP contribution < -0.4 is 5.22 Å². The Kier molecular flexibility index (Phi) is 3.61. The molecule has 0 N–H and O–H groups in total. The topological polar surface area (TPSA) is 0 Å². The van der Waals surface area contributed by atoms with Crippen LogP contribution in [0.25, 0.3) is 44.5 Å². The fourth-order valence-corrected chi connectivity index (χ4v) is 3.76. The van der Waals surface area contributed by atoms with Crippen molar-refractivity contribution < 1.29 is 0 Å². The van der Waals surface area contributed by atoms with Gasteiger partial charge in [0.2, 0.25) is 0 Å². The highest BCUT2D eigenvalue weighted by Gasteiger charge is 2.11. The number of hydrogen-bond acceptors (Lipinski definition) is 0. The van der Waals surface area contributed by atoms with E-state index in [-0.39, 0.29) is 0 Å². The van der Waals surface area contributed by atoms with Gasteiger partial charge in [0.1, 0.15) is 0 Å². The van der Waals surface area contributed by atoms with Gasteiger partial charge >= 0.3 is 0 Å². The zero-order chi connectivity index (χ0) is 16.7. The summed E-state index contributed by atoms with van der Waals surface area (Å²) in [5.41, 5.74) is 1.22. The molecule has 0 heterocycles. The maximum atomic E-state index is 4.05. The molecule has 0 heteroatoms. The van der Waals surface area contributed by atoms with Crippen LogP contribution in [-0.4, -0.2) is 0 Å². The van der Waals surface area contributed by atoms with E-state index in [4.69, 9.17) is 0 Å². The number of fused-ring (bicyclic) bond motifs is 2. The molecule has 0 bridgehead atoms. The summed E-state index contributed by atoms with van der Waals surface area (Å²) >= 11 is 0. The van der Waals surface area contributed by atoms with Crippen molar-refractivity contribution in [3.8, 4) is 0 Å². The van der Waals surface area contributed by atoms with E-state index in [1.165, 1.54) is 43.1 Å². The molecule has 0 fully saturated rings. The summed E-state index contributed by atoms with van der Waals surface area (Å²) in [6, 6.07) is 19.8. The zero-order valence-corrected chi connectivity index (χ0v) is 14.3. The number of rotatable bonds is 3. The van der Waals surface area contributed by atoms with Crippen LogP contribution in [0, 0.1) is 5.92 Å². The molecule has 0 saturated carbocycles. The first kappa shape index (κ1) is 15.0. The van der Waals surface area contributed by atoms with Crippen LogP contribution in [0.5, 0.6) is 0 Å². The van der Waals surface area contributed by atoms with Gasteiger partial charge in [0.15, 0.2) is 0 Å². The Morgan fingerprint density at radius 2 is 1.46 bits per heavy atom. The molecule has 0 saturated heterocycles. The van der Waals surface area contributed by atoms with E-state index in [9.17, 15) is 0 Å². The van der Waals surface area contributed by atoms with Crippen LogP contribution in [0.2, 0.25) is 0 Å². The highest BCUT2D eigenvalue weighted by atomic mass is 14.1. The van der Waals surface area contributed by atoms with Crippen LogP contribution >= 0.6 is 0 Å². The second-order valence-electron chi connectivity index (χ2n) is 6.93. The van der Waals surface area contributed by atoms with E-state index < -0.39 is 0 Å². The molecule has 0 unspecified atom stereocenters. The third-order valence-corrected chi connectivity index (χ3v) is 4.86. The van der Waals surface area contributed by atoms with Crippen LogP contribution in [0.1, 0.15) is 25.8 Å².